The molecule has 0 atom stereocenters. The molecule has 0 unspecified atom stereocenters. The van der Waals surface area contributed by atoms with Gasteiger partial charge in [0.15, 0.2) is 11.7 Å². The van der Waals surface area contributed by atoms with Crippen molar-refractivity contribution in [3.8, 4) is 0 Å². The van der Waals surface area contributed by atoms with Crippen molar-refractivity contribution in [2.45, 2.75) is 6.92 Å². The lowest BCUT2D eigenvalue weighted by molar-refractivity contribution is 0.387. The highest BCUT2D eigenvalue weighted by molar-refractivity contribution is 5.46. The van der Waals surface area contributed by atoms with Gasteiger partial charge in [-0.2, -0.15) is 0 Å². The fourth-order valence-corrected chi connectivity index (χ4v) is 0.876. The summed E-state index contributed by atoms with van der Waals surface area (Å²) in [4.78, 5) is 0. The molecule has 0 fully saturated rings. The van der Waals surface area contributed by atoms with Gasteiger partial charge >= 0.3 is 0 Å². The fourth-order valence-electron chi connectivity index (χ4n) is 0.876. The van der Waals surface area contributed by atoms with Crippen molar-refractivity contribution in [2.24, 2.45) is 5.92 Å². The van der Waals surface area contributed by atoms with Crippen LogP contribution in [0.3, 0.4) is 0 Å². The van der Waals surface area contributed by atoms with E-state index in [-0.39, 0.29) is 0 Å². The summed E-state index contributed by atoms with van der Waals surface area (Å²) in [5.74, 6) is -6.89. The molecule has 1 aliphatic rings. The smallest absolute Gasteiger partial charge is 0.164 e. The summed E-state index contributed by atoms with van der Waals surface area (Å²) in [6, 6.07) is 0. The van der Waals surface area contributed by atoms with Crippen molar-refractivity contribution in [1.82, 2.24) is 0 Å². The molecule has 0 aliphatic heterocycles. The third-order valence-corrected chi connectivity index (χ3v) is 1.71. The molecule has 0 spiro atoms. The Bertz CT molecular complexity index is 270. The Morgan fingerprint density at radius 2 is 1.33 bits per heavy atom. The summed E-state index contributed by atoms with van der Waals surface area (Å²) in [6.45, 7) is 3.90. The van der Waals surface area contributed by atoms with Crippen molar-refractivity contribution in [3.63, 3.8) is 0 Å². The zero-order chi connectivity index (χ0) is 9.46. The number of halogens is 4. The number of hydrogen-bond acceptors (Lipinski definition) is 0. The molecule has 12 heavy (non-hydrogen) atoms. The Morgan fingerprint density at radius 1 is 1.00 bits per heavy atom. The molecule has 0 radical (unpaired) electrons. The second kappa shape index (κ2) is 2.77. The highest BCUT2D eigenvalue weighted by Crippen LogP contribution is 2.39. The summed E-state index contributed by atoms with van der Waals surface area (Å²) < 4.78 is 50.5. The average molecular weight is 178 g/mol. The van der Waals surface area contributed by atoms with Gasteiger partial charge in [0, 0.05) is 5.57 Å². The molecule has 0 amide bonds. The second-order valence-corrected chi connectivity index (χ2v) is 2.52. The summed E-state index contributed by atoms with van der Waals surface area (Å²) in [7, 11) is 0. The Morgan fingerprint density at radius 3 is 1.67 bits per heavy atom. The number of allylic oxidation sites excluding steroid dienone is 5. The van der Waals surface area contributed by atoms with Gasteiger partial charge in [0.25, 0.3) is 0 Å². The zero-order valence-corrected chi connectivity index (χ0v) is 6.30. The lowest BCUT2D eigenvalue weighted by atomic mass is 9.98. The van der Waals surface area contributed by atoms with Crippen LogP contribution in [0, 0.1) is 5.92 Å². The Labute approximate surface area is 66.9 Å². The maximum atomic E-state index is 12.6. The first-order valence-corrected chi connectivity index (χ1v) is 3.26. The molecule has 1 aliphatic carbocycles. The van der Waals surface area contributed by atoms with Gasteiger partial charge in [0.1, 0.15) is 11.7 Å². The molecule has 0 aromatic carbocycles. The first-order valence-electron chi connectivity index (χ1n) is 3.26. The molecule has 4 heteroatoms. The Hall–Kier alpha value is -1.06. The van der Waals surface area contributed by atoms with E-state index in [1.165, 1.54) is 0 Å². The molecular formula is C8H6F4. The summed E-state index contributed by atoms with van der Waals surface area (Å²) >= 11 is 0. The predicted molar refractivity (Wildman–Crippen MR) is 36.8 cm³/mol. The third-order valence-electron chi connectivity index (χ3n) is 1.71. The second-order valence-electron chi connectivity index (χ2n) is 2.52. The fraction of sp³-hybridized carbons (Fsp3) is 0.250. The van der Waals surface area contributed by atoms with E-state index in [0.717, 1.165) is 6.92 Å². The van der Waals surface area contributed by atoms with E-state index in [4.69, 9.17) is 0 Å². The van der Waals surface area contributed by atoms with Gasteiger partial charge in [-0.3, -0.25) is 0 Å². The van der Waals surface area contributed by atoms with Crippen molar-refractivity contribution >= 4 is 0 Å². The van der Waals surface area contributed by atoms with Gasteiger partial charge in [-0.25, -0.2) is 17.6 Å². The maximum absolute atomic E-state index is 12.6. The normalized spacial score (nSPS) is 20.9. The highest BCUT2D eigenvalue weighted by Gasteiger charge is 2.31. The van der Waals surface area contributed by atoms with Crippen molar-refractivity contribution in [3.05, 3.63) is 35.5 Å². The molecule has 1 rings (SSSR count). The maximum Gasteiger partial charge on any atom is 0.164 e. The van der Waals surface area contributed by atoms with E-state index in [9.17, 15) is 17.6 Å². The minimum atomic E-state index is -1.48. The predicted octanol–water partition coefficient (Wildman–Crippen LogP) is 3.49. The molecule has 0 bridgehead atoms. The van der Waals surface area contributed by atoms with Crippen LogP contribution in [-0.4, -0.2) is 0 Å². The van der Waals surface area contributed by atoms with Crippen molar-refractivity contribution in [2.75, 3.05) is 0 Å². The molecule has 0 aromatic heterocycles. The van der Waals surface area contributed by atoms with E-state index in [1.807, 2.05) is 0 Å². The molecule has 0 nitrogen and oxygen atoms in total. The van der Waals surface area contributed by atoms with Crippen LogP contribution in [-0.2, 0) is 0 Å². The Kier molecular flexibility index (Phi) is 2.08. The molecule has 0 saturated carbocycles. The molecule has 0 aromatic rings. The summed E-state index contributed by atoms with van der Waals surface area (Å²) in [6.07, 6.45) is 0. The molecule has 0 saturated heterocycles. The average Bonchev–Trinajstić information content (AvgIpc) is 2.08. The van der Waals surface area contributed by atoms with Crippen molar-refractivity contribution in [1.29, 1.82) is 0 Å². The van der Waals surface area contributed by atoms with Crippen LogP contribution < -0.4 is 0 Å². The first-order chi connectivity index (χ1) is 5.46. The van der Waals surface area contributed by atoms with Gasteiger partial charge in [-0.05, 0) is 6.92 Å². The van der Waals surface area contributed by atoms with E-state index < -0.39 is 34.8 Å². The summed E-state index contributed by atoms with van der Waals surface area (Å²) in [5, 5.41) is 0. The number of rotatable bonds is 0. The van der Waals surface area contributed by atoms with Gasteiger partial charge in [0.05, 0.1) is 5.92 Å². The molecule has 66 valence electrons. The minimum Gasteiger partial charge on any atom is -0.208 e. The number of hydrogen-bond donors (Lipinski definition) is 0. The monoisotopic (exact) mass is 178 g/mol. The van der Waals surface area contributed by atoms with E-state index >= 15 is 0 Å². The van der Waals surface area contributed by atoms with Crippen LogP contribution in [0.1, 0.15) is 6.92 Å². The van der Waals surface area contributed by atoms with Crippen LogP contribution >= 0.6 is 0 Å². The van der Waals surface area contributed by atoms with Crippen LogP contribution in [0.25, 0.3) is 0 Å². The van der Waals surface area contributed by atoms with Gasteiger partial charge < -0.3 is 0 Å². The van der Waals surface area contributed by atoms with E-state index in [2.05, 4.69) is 6.58 Å². The lowest BCUT2D eigenvalue weighted by Gasteiger charge is -2.15. The van der Waals surface area contributed by atoms with Crippen LogP contribution in [0.4, 0.5) is 17.6 Å². The minimum absolute atomic E-state index is 0.858. The topological polar surface area (TPSA) is 0 Å². The lowest BCUT2D eigenvalue weighted by Crippen LogP contribution is -2.07. The van der Waals surface area contributed by atoms with Crippen LogP contribution in [0.2, 0.25) is 0 Å². The quantitative estimate of drug-likeness (QED) is 0.498. The zero-order valence-electron chi connectivity index (χ0n) is 6.30. The highest BCUT2D eigenvalue weighted by atomic mass is 19.2. The largest absolute Gasteiger partial charge is 0.208 e. The molecular weight excluding hydrogens is 172 g/mol. The first kappa shape index (κ1) is 9.03. The van der Waals surface area contributed by atoms with Crippen LogP contribution in [0.5, 0.6) is 0 Å². The molecule has 0 N–H and O–H groups in total. The van der Waals surface area contributed by atoms with E-state index in [0.29, 0.717) is 0 Å². The van der Waals surface area contributed by atoms with Gasteiger partial charge in [-0.1, -0.05) is 6.58 Å². The van der Waals surface area contributed by atoms with Gasteiger partial charge in [0.2, 0.25) is 0 Å². The van der Waals surface area contributed by atoms with Crippen molar-refractivity contribution < 1.29 is 17.6 Å². The Balaban J connectivity index is 3.22. The standard InChI is InChI=1S/C8H6F4/c1-3-5(9)7(11)4(2)8(12)6(3)10/h4H,1H2,2H3. The van der Waals surface area contributed by atoms with E-state index in [1.54, 1.807) is 0 Å². The molecule has 0 heterocycles. The van der Waals surface area contributed by atoms with Crippen LogP contribution in [0.15, 0.2) is 35.5 Å². The SMILES string of the molecule is C=C1C(F)=C(F)C(C)C(F)=C1F. The summed E-state index contributed by atoms with van der Waals surface area (Å²) in [5.41, 5.74) is -0.858. The van der Waals surface area contributed by atoms with Gasteiger partial charge in [-0.15, -0.1) is 0 Å². The third kappa shape index (κ3) is 1.07.